The normalized spacial score (nSPS) is 11.6. The monoisotopic (exact) mass is 441 g/mol. The highest BCUT2D eigenvalue weighted by atomic mass is 32.2. The summed E-state index contributed by atoms with van der Waals surface area (Å²) in [4.78, 5) is 21.5. The maximum Gasteiger partial charge on any atom is 0.261 e. The first-order valence-electron chi connectivity index (χ1n) is 9.31. The minimum absolute atomic E-state index is 0.0885. The molecule has 4 aromatic rings. The number of aryl methyl sites for hydroxylation is 1. The van der Waals surface area contributed by atoms with E-state index in [9.17, 15) is 13.2 Å². The maximum atomic E-state index is 12.7. The van der Waals surface area contributed by atoms with Gasteiger partial charge in [0.25, 0.3) is 5.91 Å². The van der Waals surface area contributed by atoms with Gasteiger partial charge in [-0.1, -0.05) is 6.92 Å². The third kappa shape index (κ3) is 4.10. The Morgan fingerprint density at radius 2 is 2.03 bits per heavy atom. The summed E-state index contributed by atoms with van der Waals surface area (Å²) in [6.45, 7) is 2.85. The van der Waals surface area contributed by atoms with Crippen LogP contribution in [0.5, 0.6) is 0 Å². The van der Waals surface area contributed by atoms with Gasteiger partial charge in [-0.2, -0.15) is 5.10 Å². The number of carbonyl (C=O) groups is 1. The number of aromatic nitrogens is 4. The molecule has 4 aromatic heterocycles. The van der Waals surface area contributed by atoms with Gasteiger partial charge in [-0.05, 0) is 36.1 Å². The number of nitrogens with zero attached hydrogens (tertiary/aromatic N) is 4. The lowest BCUT2D eigenvalue weighted by Gasteiger charge is -2.05. The van der Waals surface area contributed by atoms with Crippen molar-refractivity contribution in [3.05, 3.63) is 65.8 Å². The molecule has 0 radical (unpaired) electrons. The molecule has 30 heavy (non-hydrogen) atoms. The molecule has 4 rings (SSSR count). The topological polar surface area (TPSA) is 107 Å². The Morgan fingerprint density at radius 1 is 1.17 bits per heavy atom. The fourth-order valence-electron chi connectivity index (χ4n) is 2.90. The number of carbonyl (C=O) groups excluding carboxylic acids is 1. The second kappa shape index (κ2) is 8.33. The van der Waals surface area contributed by atoms with Crippen molar-refractivity contribution in [2.24, 2.45) is 0 Å². The van der Waals surface area contributed by atoms with Gasteiger partial charge < -0.3 is 5.32 Å². The molecule has 0 spiro atoms. The second-order valence-corrected chi connectivity index (χ2v) is 9.67. The molecule has 154 valence electrons. The van der Waals surface area contributed by atoms with Crippen LogP contribution in [0.15, 0.2) is 65.0 Å². The molecule has 0 aliphatic heterocycles. The van der Waals surface area contributed by atoms with E-state index in [1.165, 1.54) is 36.0 Å². The molecular formula is C20H19N5O3S2. The zero-order valence-electron chi connectivity index (χ0n) is 16.1. The van der Waals surface area contributed by atoms with Crippen molar-refractivity contribution in [2.45, 2.75) is 36.2 Å². The Bertz CT molecular complexity index is 1260. The second-order valence-electron chi connectivity index (χ2n) is 6.63. The van der Waals surface area contributed by atoms with Crippen molar-refractivity contribution >= 4 is 37.2 Å². The van der Waals surface area contributed by atoms with Crippen LogP contribution in [0.2, 0.25) is 0 Å². The summed E-state index contributed by atoms with van der Waals surface area (Å²) in [5, 5.41) is 7.85. The van der Waals surface area contributed by atoms with Crippen LogP contribution in [0.25, 0.3) is 10.1 Å². The Labute approximate surface area is 177 Å². The van der Waals surface area contributed by atoms with Crippen LogP contribution in [0.4, 0.5) is 0 Å². The number of thiophene rings is 1. The van der Waals surface area contributed by atoms with Crippen molar-refractivity contribution in [3.63, 3.8) is 0 Å². The third-order valence-corrected chi connectivity index (χ3v) is 7.23. The number of rotatable bonds is 7. The van der Waals surface area contributed by atoms with Crippen molar-refractivity contribution < 1.29 is 13.2 Å². The number of sulfone groups is 1. The summed E-state index contributed by atoms with van der Waals surface area (Å²) >= 11 is 1.37. The van der Waals surface area contributed by atoms with E-state index in [-0.39, 0.29) is 22.2 Å². The molecule has 0 saturated carbocycles. The van der Waals surface area contributed by atoms with Gasteiger partial charge in [-0.25, -0.2) is 8.42 Å². The summed E-state index contributed by atoms with van der Waals surface area (Å²) in [6, 6.07) is 6.76. The third-order valence-electron chi connectivity index (χ3n) is 4.46. The lowest BCUT2D eigenvalue weighted by Crippen LogP contribution is -2.22. The van der Waals surface area contributed by atoms with Gasteiger partial charge in [0.2, 0.25) is 9.84 Å². The Morgan fingerprint density at radius 3 is 2.77 bits per heavy atom. The van der Waals surface area contributed by atoms with E-state index in [1.807, 2.05) is 19.1 Å². The summed E-state index contributed by atoms with van der Waals surface area (Å²) in [5.41, 5.74) is 0.562. The first kappa shape index (κ1) is 20.2. The molecular weight excluding hydrogens is 422 g/mol. The molecule has 0 fully saturated rings. The maximum absolute atomic E-state index is 12.7. The van der Waals surface area contributed by atoms with E-state index in [0.29, 0.717) is 17.1 Å². The average molecular weight is 442 g/mol. The molecule has 0 aromatic carbocycles. The first-order valence-corrected chi connectivity index (χ1v) is 11.6. The van der Waals surface area contributed by atoms with E-state index in [4.69, 9.17) is 0 Å². The van der Waals surface area contributed by atoms with E-state index >= 15 is 0 Å². The van der Waals surface area contributed by atoms with Crippen molar-refractivity contribution in [1.29, 1.82) is 0 Å². The standard InChI is InChI=1S/C20H19N5O3S2/c1-2-7-25-13-17(11-24-25)30(27,28)16-4-3-15(22-10-16)9-23-20(26)18-8-14-5-6-21-12-19(14)29-18/h3-6,8,10-13H,2,7,9H2,1H3,(H,23,26). The minimum Gasteiger partial charge on any atom is -0.346 e. The van der Waals surface area contributed by atoms with Gasteiger partial charge in [0, 0.05) is 31.3 Å². The molecule has 1 N–H and O–H groups in total. The van der Waals surface area contributed by atoms with E-state index < -0.39 is 9.84 Å². The predicted molar refractivity (Wildman–Crippen MR) is 113 cm³/mol. The smallest absolute Gasteiger partial charge is 0.261 e. The van der Waals surface area contributed by atoms with E-state index in [1.54, 1.807) is 23.1 Å². The Balaban J connectivity index is 1.43. The highest BCUT2D eigenvalue weighted by Gasteiger charge is 2.20. The van der Waals surface area contributed by atoms with Crippen molar-refractivity contribution in [3.8, 4) is 0 Å². The summed E-state index contributed by atoms with van der Waals surface area (Å²) in [7, 11) is -3.68. The summed E-state index contributed by atoms with van der Waals surface area (Å²) in [5.74, 6) is -0.210. The van der Waals surface area contributed by atoms with Crippen LogP contribution in [0.3, 0.4) is 0 Å². The summed E-state index contributed by atoms with van der Waals surface area (Å²) in [6.07, 6.45) is 8.45. The molecule has 0 aliphatic rings. The fraction of sp³-hybridized carbons (Fsp3) is 0.200. The molecule has 0 atom stereocenters. The molecule has 4 heterocycles. The van der Waals surface area contributed by atoms with Crippen LogP contribution < -0.4 is 5.32 Å². The molecule has 8 nitrogen and oxygen atoms in total. The predicted octanol–water partition coefficient (Wildman–Crippen LogP) is 3.06. The van der Waals surface area contributed by atoms with Gasteiger partial charge in [0.05, 0.1) is 32.9 Å². The van der Waals surface area contributed by atoms with Gasteiger partial charge in [-0.15, -0.1) is 11.3 Å². The van der Waals surface area contributed by atoms with Crippen LogP contribution >= 0.6 is 11.3 Å². The zero-order valence-corrected chi connectivity index (χ0v) is 17.8. The highest BCUT2D eigenvalue weighted by Crippen LogP contribution is 2.24. The van der Waals surface area contributed by atoms with Crippen molar-refractivity contribution in [1.82, 2.24) is 25.1 Å². The number of nitrogens with one attached hydrogen (secondary N) is 1. The van der Waals surface area contributed by atoms with Crippen LogP contribution in [-0.2, 0) is 22.9 Å². The molecule has 1 amide bonds. The highest BCUT2D eigenvalue weighted by molar-refractivity contribution is 7.91. The molecule has 0 aliphatic carbocycles. The minimum atomic E-state index is -3.68. The quantitative estimate of drug-likeness (QED) is 0.472. The van der Waals surface area contributed by atoms with Gasteiger partial charge in [0.15, 0.2) is 0 Å². The number of hydrogen-bond acceptors (Lipinski definition) is 7. The number of hydrogen-bond donors (Lipinski definition) is 1. The van der Waals surface area contributed by atoms with Gasteiger partial charge in [-0.3, -0.25) is 19.4 Å². The van der Waals surface area contributed by atoms with Gasteiger partial charge >= 0.3 is 0 Å². The van der Waals surface area contributed by atoms with Crippen LogP contribution in [-0.4, -0.2) is 34.1 Å². The molecule has 10 heteroatoms. The Hall–Kier alpha value is -3.11. The van der Waals surface area contributed by atoms with Crippen LogP contribution in [0.1, 0.15) is 28.7 Å². The number of amides is 1. The van der Waals surface area contributed by atoms with Crippen LogP contribution in [0, 0.1) is 0 Å². The van der Waals surface area contributed by atoms with E-state index in [0.717, 1.165) is 16.5 Å². The first-order chi connectivity index (χ1) is 14.5. The molecule has 0 unspecified atom stereocenters. The summed E-state index contributed by atoms with van der Waals surface area (Å²) < 4.78 is 28.0. The number of fused-ring (bicyclic) bond motifs is 1. The zero-order chi connectivity index (χ0) is 21.1. The number of pyridine rings is 2. The average Bonchev–Trinajstić information content (AvgIpc) is 3.40. The lowest BCUT2D eigenvalue weighted by atomic mass is 10.3. The molecule has 0 bridgehead atoms. The van der Waals surface area contributed by atoms with Gasteiger partial charge in [0.1, 0.15) is 4.90 Å². The van der Waals surface area contributed by atoms with E-state index in [2.05, 4.69) is 20.4 Å². The fourth-order valence-corrected chi connectivity index (χ4v) is 5.00. The molecule has 0 saturated heterocycles. The lowest BCUT2D eigenvalue weighted by molar-refractivity contribution is 0.0954. The largest absolute Gasteiger partial charge is 0.346 e. The SMILES string of the molecule is CCCn1cc(S(=O)(=O)c2ccc(CNC(=O)c3cc4ccncc4s3)nc2)cn1. The van der Waals surface area contributed by atoms with Crippen molar-refractivity contribution in [2.75, 3.05) is 0 Å². The Kier molecular flexibility index (Phi) is 5.60.